The van der Waals surface area contributed by atoms with Crippen LogP contribution >= 0.6 is 0 Å². The Balaban J connectivity index is 1.66. The van der Waals surface area contributed by atoms with Crippen molar-refractivity contribution in [1.82, 2.24) is 24.1 Å². The lowest BCUT2D eigenvalue weighted by Gasteiger charge is -2.34. The van der Waals surface area contributed by atoms with Gasteiger partial charge in [-0.3, -0.25) is 14.3 Å². The maximum Gasteiger partial charge on any atom is 0.347 e. The van der Waals surface area contributed by atoms with Crippen LogP contribution in [0.1, 0.15) is 49.7 Å². The van der Waals surface area contributed by atoms with Gasteiger partial charge in [0.25, 0.3) is 0 Å². The summed E-state index contributed by atoms with van der Waals surface area (Å²) in [6.07, 6.45) is 2.09. The van der Waals surface area contributed by atoms with Crippen LogP contribution in [0.4, 0.5) is 0 Å². The Labute approximate surface area is 171 Å². The van der Waals surface area contributed by atoms with E-state index >= 15 is 0 Å². The van der Waals surface area contributed by atoms with E-state index in [1.807, 2.05) is 36.1 Å². The fourth-order valence-corrected chi connectivity index (χ4v) is 4.44. The number of rotatable bonds is 5. The topological polar surface area (TPSA) is 63.4 Å². The molecule has 1 unspecified atom stereocenters. The molecular formula is C22H31N5O2. The van der Waals surface area contributed by atoms with E-state index in [2.05, 4.69) is 23.8 Å². The Bertz CT molecular complexity index is 922. The van der Waals surface area contributed by atoms with Crippen LogP contribution in [-0.2, 0) is 17.9 Å². The summed E-state index contributed by atoms with van der Waals surface area (Å²) in [6.45, 7) is 10.5. The average molecular weight is 398 g/mol. The molecule has 1 fully saturated rings. The molecular weight excluding hydrogens is 366 g/mol. The van der Waals surface area contributed by atoms with Crippen LogP contribution in [0.15, 0.2) is 29.1 Å². The maximum absolute atomic E-state index is 13.3. The second kappa shape index (κ2) is 8.14. The first-order valence-electron chi connectivity index (χ1n) is 10.7. The summed E-state index contributed by atoms with van der Waals surface area (Å²) in [5.74, 6) is 1.26. The van der Waals surface area contributed by atoms with E-state index in [0.29, 0.717) is 31.4 Å². The monoisotopic (exact) mass is 397 g/mol. The summed E-state index contributed by atoms with van der Waals surface area (Å²) < 4.78 is 3.18. The summed E-state index contributed by atoms with van der Waals surface area (Å²) in [5, 5.41) is 4.64. The lowest BCUT2D eigenvalue weighted by Crippen LogP contribution is -2.49. The van der Waals surface area contributed by atoms with Crippen molar-refractivity contribution in [1.29, 1.82) is 0 Å². The van der Waals surface area contributed by atoms with Crippen molar-refractivity contribution in [2.24, 2.45) is 5.92 Å². The molecule has 2 aliphatic rings. The quantitative estimate of drug-likeness (QED) is 0.775. The number of carbonyl (C=O) groups is 1. The van der Waals surface area contributed by atoms with Crippen molar-refractivity contribution in [2.75, 3.05) is 26.2 Å². The van der Waals surface area contributed by atoms with Crippen LogP contribution in [0.3, 0.4) is 0 Å². The molecule has 29 heavy (non-hydrogen) atoms. The van der Waals surface area contributed by atoms with E-state index in [0.717, 1.165) is 38.0 Å². The Morgan fingerprint density at radius 1 is 1.17 bits per heavy atom. The van der Waals surface area contributed by atoms with Gasteiger partial charge in [-0.05, 0) is 31.2 Å². The van der Waals surface area contributed by atoms with E-state index < -0.39 is 6.04 Å². The summed E-state index contributed by atoms with van der Waals surface area (Å²) in [7, 11) is 0. The largest absolute Gasteiger partial charge is 0.347 e. The van der Waals surface area contributed by atoms with Crippen molar-refractivity contribution in [3.05, 3.63) is 51.7 Å². The molecule has 0 saturated carbocycles. The van der Waals surface area contributed by atoms with Crippen molar-refractivity contribution in [3.8, 4) is 0 Å². The molecule has 1 aromatic carbocycles. The highest BCUT2D eigenvalue weighted by Crippen LogP contribution is 2.23. The van der Waals surface area contributed by atoms with Crippen LogP contribution in [0.25, 0.3) is 0 Å². The fraction of sp³-hybridized carbons (Fsp3) is 0.591. The summed E-state index contributed by atoms with van der Waals surface area (Å²) in [4.78, 5) is 30.7. The number of nitrogens with zero attached hydrogens (tertiary/aromatic N) is 5. The third kappa shape index (κ3) is 4.15. The molecule has 0 bridgehead atoms. The first-order valence-corrected chi connectivity index (χ1v) is 10.7. The zero-order valence-corrected chi connectivity index (χ0v) is 17.7. The van der Waals surface area contributed by atoms with Gasteiger partial charge in [0.2, 0.25) is 5.91 Å². The van der Waals surface area contributed by atoms with Crippen LogP contribution in [0.2, 0.25) is 0 Å². The number of fused-ring (bicyclic) bond motifs is 1. The van der Waals surface area contributed by atoms with Gasteiger partial charge < -0.3 is 4.90 Å². The third-order valence-corrected chi connectivity index (χ3v) is 5.83. The van der Waals surface area contributed by atoms with E-state index in [1.165, 1.54) is 10.2 Å². The van der Waals surface area contributed by atoms with E-state index in [4.69, 9.17) is 0 Å². The Hall–Kier alpha value is -2.41. The normalized spacial score (nSPS) is 19.7. The number of carbonyl (C=O) groups excluding carboxylic acids is 1. The Kier molecular flexibility index (Phi) is 5.58. The van der Waals surface area contributed by atoms with Crippen LogP contribution < -0.4 is 5.69 Å². The molecule has 156 valence electrons. The fourth-order valence-electron chi connectivity index (χ4n) is 4.44. The predicted octanol–water partition coefficient (Wildman–Crippen LogP) is 2.04. The molecule has 7 heteroatoms. The molecule has 0 spiro atoms. The molecule has 4 rings (SSSR count). The number of amides is 1. The zero-order valence-electron chi connectivity index (χ0n) is 17.7. The van der Waals surface area contributed by atoms with Gasteiger partial charge in [-0.25, -0.2) is 9.48 Å². The first kappa shape index (κ1) is 19.9. The molecule has 2 aliphatic heterocycles. The molecule has 1 aromatic heterocycles. The van der Waals surface area contributed by atoms with Crippen LogP contribution in [0, 0.1) is 12.8 Å². The summed E-state index contributed by atoms with van der Waals surface area (Å²) in [5.41, 5.74) is 2.04. The van der Waals surface area contributed by atoms with Gasteiger partial charge in [0.1, 0.15) is 11.9 Å². The highest BCUT2D eigenvalue weighted by Gasteiger charge is 2.37. The minimum Gasteiger partial charge on any atom is -0.341 e. The lowest BCUT2D eigenvalue weighted by atomic mass is 10.1. The molecule has 1 amide bonds. The number of hydrogen-bond acceptors (Lipinski definition) is 4. The second-order valence-corrected chi connectivity index (χ2v) is 8.85. The van der Waals surface area contributed by atoms with Crippen molar-refractivity contribution in [3.63, 3.8) is 0 Å². The molecule has 1 saturated heterocycles. The van der Waals surface area contributed by atoms with Gasteiger partial charge >= 0.3 is 5.69 Å². The second-order valence-electron chi connectivity index (χ2n) is 8.85. The van der Waals surface area contributed by atoms with Gasteiger partial charge in [-0.2, -0.15) is 5.10 Å². The summed E-state index contributed by atoms with van der Waals surface area (Å²) in [6, 6.07) is 7.66. The Morgan fingerprint density at radius 3 is 2.52 bits per heavy atom. The molecule has 1 atom stereocenters. The third-order valence-electron chi connectivity index (χ3n) is 5.83. The van der Waals surface area contributed by atoms with E-state index in [-0.39, 0.29) is 11.6 Å². The highest BCUT2D eigenvalue weighted by atomic mass is 16.2. The van der Waals surface area contributed by atoms with Gasteiger partial charge in [0, 0.05) is 26.2 Å². The number of benzene rings is 1. The van der Waals surface area contributed by atoms with Crippen LogP contribution in [-0.4, -0.2) is 56.2 Å². The Morgan fingerprint density at radius 2 is 1.86 bits per heavy atom. The molecule has 0 aliphatic carbocycles. The highest BCUT2D eigenvalue weighted by molar-refractivity contribution is 5.81. The van der Waals surface area contributed by atoms with E-state index in [1.54, 1.807) is 4.57 Å². The van der Waals surface area contributed by atoms with E-state index in [9.17, 15) is 9.59 Å². The van der Waals surface area contributed by atoms with Crippen molar-refractivity contribution < 1.29 is 4.79 Å². The lowest BCUT2D eigenvalue weighted by molar-refractivity contribution is -0.135. The summed E-state index contributed by atoms with van der Waals surface area (Å²) >= 11 is 0. The molecule has 0 radical (unpaired) electrons. The molecule has 3 heterocycles. The van der Waals surface area contributed by atoms with Crippen molar-refractivity contribution in [2.45, 2.75) is 52.7 Å². The van der Waals surface area contributed by atoms with Crippen LogP contribution in [0.5, 0.6) is 0 Å². The van der Waals surface area contributed by atoms with Gasteiger partial charge in [0.05, 0.1) is 13.1 Å². The molecule has 7 nitrogen and oxygen atoms in total. The predicted molar refractivity (Wildman–Crippen MR) is 112 cm³/mol. The zero-order chi connectivity index (χ0) is 20.5. The molecule has 2 aromatic rings. The van der Waals surface area contributed by atoms with Crippen molar-refractivity contribution >= 4 is 5.91 Å². The standard InChI is InChI=1S/C22H31N5O2/c1-16(2)12-24-14-19(21(28)25-10-4-5-11-25)27-20(15-24)23-26(22(27)29)13-18-8-6-17(3)7-9-18/h6-9,16,19H,4-5,10-15H2,1-3H3. The minimum absolute atomic E-state index is 0.0641. The smallest absolute Gasteiger partial charge is 0.341 e. The number of aryl methyl sites for hydroxylation is 1. The SMILES string of the molecule is Cc1ccc(Cn2nc3n(c2=O)C(C(=O)N2CCCC2)CN(CC(C)C)C3)cc1. The maximum atomic E-state index is 13.3. The number of hydrogen-bond donors (Lipinski definition) is 0. The van der Waals surface area contributed by atoms with Gasteiger partial charge in [0.15, 0.2) is 0 Å². The average Bonchev–Trinajstić information content (AvgIpc) is 3.31. The molecule has 0 N–H and O–H groups in total. The van der Waals surface area contributed by atoms with Gasteiger partial charge in [-0.15, -0.1) is 0 Å². The number of likely N-dealkylation sites (tertiary alicyclic amines) is 1. The number of aromatic nitrogens is 3. The minimum atomic E-state index is -0.477. The van der Waals surface area contributed by atoms with Gasteiger partial charge in [-0.1, -0.05) is 43.7 Å². The first-order chi connectivity index (χ1) is 13.9.